The van der Waals surface area contributed by atoms with E-state index in [0.717, 1.165) is 31.2 Å². The van der Waals surface area contributed by atoms with Gasteiger partial charge in [-0.1, -0.05) is 12.8 Å². The monoisotopic (exact) mass is 333 g/mol. The normalized spacial score (nSPS) is 21.1. The van der Waals surface area contributed by atoms with E-state index in [1.807, 2.05) is 0 Å². The van der Waals surface area contributed by atoms with Gasteiger partial charge in [0.05, 0.1) is 6.10 Å². The highest BCUT2D eigenvalue weighted by molar-refractivity contribution is 7.71. The van der Waals surface area contributed by atoms with Gasteiger partial charge in [-0.25, -0.2) is 5.10 Å². The summed E-state index contributed by atoms with van der Waals surface area (Å²) in [7, 11) is 0. The molecule has 2 atom stereocenters. The highest BCUT2D eigenvalue weighted by Crippen LogP contribution is 2.23. The van der Waals surface area contributed by atoms with E-state index in [9.17, 15) is 9.90 Å². The smallest absolute Gasteiger partial charge is 0.284 e. The fourth-order valence-electron chi connectivity index (χ4n) is 2.87. The van der Waals surface area contributed by atoms with Gasteiger partial charge < -0.3 is 14.8 Å². The fourth-order valence-corrected chi connectivity index (χ4v) is 2.99. The van der Waals surface area contributed by atoms with Crippen molar-refractivity contribution in [3.8, 4) is 11.5 Å². The summed E-state index contributed by atoms with van der Waals surface area (Å²) in [5.41, 5.74) is 1.31. The van der Waals surface area contributed by atoms with Crippen molar-refractivity contribution in [1.29, 1.82) is 0 Å². The SMILES string of the molecule is O=C(NCC1CCCCC1O)c1ccc(-c2n[nH]c(=S)o2)cc1. The van der Waals surface area contributed by atoms with Crippen LogP contribution in [0.2, 0.25) is 0 Å². The predicted octanol–water partition coefficient (Wildman–Crippen LogP) is 2.68. The summed E-state index contributed by atoms with van der Waals surface area (Å²) >= 11 is 4.84. The Hall–Kier alpha value is -1.99. The van der Waals surface area contributed by atoms with Crippen LogP contribution in [0.3, 0.4) is 0 Å². The molecule has 2 aromatic rings. The minimum absolute atomic E-state index is 0.141. The first kappa shape index (κ1) is 15.9. The lowest BCUT2D eigenvalue weighted by atomic mass is 9.86. The van der Waals surface area contributed by atoms with Crippen molar-refractivity contribution < 1.29 is 14.3 Å². The molecule has 7 heteroatoms. The molecule has 1 aliphatic rings. The molecule has 1 aromatic carbocycles. The van der Waals surface area contributed by atoms with E-state index in [4.69, 9.17) is 16.6 Å². The Morgan fingerprint density at radius 1 is 1.35 bits per heavy atom. The molecule has 23 heavy (non-hydrogen) atoms. The van der Waals surface area contributed by atoms with Crippen LogP contribution in [-0.4, -0.2) is 33.9 Å². The molecule has 1 fully saturated rings. The van der Waals surface area contributed by atoms with Gasteiger partial charge in [-0.15, -0.1) is 5.10 Å². The standard InChI is InChI=1S/C16H19N3O3S/c20-13-4-2-1-3-12(13)9-17-14(21)10-5-7-11(8-6-10)15-18-19-16(23)22-15/h5-8,12-13,20H,1-4,9H2,(H,17,21)(H,19,23). The van der Waals surface area contributed by atoms with Gasteiger partial charge in [0.25, 0.3) is 10.7 Å². The zero-order valence-corrected chi connectivity index (χ0v) is 13.4. The molecule has 6 nitrogen and oxygen atoms in total. The lowest BCUT2D eigenvalue weighted by molar-refractivity contribution is 0.0663. The number of rotatable bonds is 4. The third-order valence-corrected chi connectivity index (χ3v) is 4.40. The van der Waals surface area contributed by atoms with E-state index in [1.165, 1.54) is 0 Å². The molecule has 2 unspecified atom stereocenters. The van der Waals surface area contributed by atoms with Gasteiger partial charge in [-0.2, -0.15) is 0 Å². The number of aromatic amines is 1. The number of nitrogens with one attached hydrogen (secondary N) is 2. The van der Waals surface area contributed by atoms with Crippen LogP contribution in [0.4, 0.5) is 0 Å². The Morgan fingerprint density at radius 2 is 2.09 bits per heavy atom. The summed E-state index contributed by atoms with van der Waals surface area (Å²) in [6.45, 7) is 0.510. The number of amides is 1. The minimum Gasteiger partial charge on any atom is -0.409 e. The van der Waals surface area contributed by atoms with Crippen molar-refractivity contribution in [1.82, 2.24) is 15.5 Å². The molecule has 1 aliphatic carbocycles. The van der Waals surface area contributed by atoms with Crippen LogP contribution < -0.4 is 5.32 Å². The maximum Gasteiger partial charge on any atom is 0.284 e. The lowest BCUT2D eigenvalue weighted by Gasteiger charge is -2.27. The van der Waals surface area contributed by atoms with Crippen LogP contribution in [0.1, 0.15) is 36.0 Å². The molecule has 122 valence electrons. The van der Waals surface area contributed by atoms with Crippen LogP contribution in [0, 0.1) is 10.8 Å². The number of H-pyrrole nitrogens is 1. The molecule has 1 aromatic heterocycles. The van der Waals surface area contributed by atoms with Crippen LogP contribution in [0.5, 0.6) is 0 Å². The predicted molar refractivity (Wildman–Crippen MR) is 87.4 cm³/mol. The number of benzene rings is 1. The second-order valence-corrected chi connectivity index (χ2v) is 6.19. The first-order valence-electron chi connectivity index (χ1n) is 7.75. The summed E-state index contributed by atoms with van der Waals surface area (Å²) < 4.78 is 5.23. The lowest BCUT2D eigenvalue weighted by Crippen LogP contribution is -2.36. The molecular weight excluding hydrogens is 314 g/mol. The number of aliphatic hydroxyl groups excluding tert-OH is 1. The van der Waals surface area contributed by atoms with Crippen LogP contribution >= 0.6 is 12.2 Å². The highest BCUT2D eigenvalue weighted by Gasteiger charge is 2.23. The average molecular weight is 333 g/mol. The van der Waals surface area contributed by atoms with Crippen LogP contribution in [0.25, 0.3) is 11.5 Å². The van der Waals surface area contributed by atoms with E-state index in [2.05, 4.69) is 15.5 Å². The van der Waals surface area contributed by atoms with Gasteiger partial charge in [-0.05, 0) is 49.3 Å². The molecule has 0 aliphatic heterocycles. The third-order valence-electron chi connectivity index (χ3n) is 4.23. The van der Waals surface area contributed by atoms with E-state index >= 15 is 0 Å². The van der Waals surface area contributed by atoms with E-state index in [-0.39, 0.29) is 22.8 Å². The largest absolute Gasteiger partial charge is 0.409 e. The Kier molecular flexibility index (Phi) is 4.88. The summed E-state index contributed by atoms with van der Waals surface area (Å²) in [6, 6.07) is 6.96. The Morgan fingerprint density at radius 3 is 2.74 bits per heavy atom. The van der Waals surface area contributed by atoms with Crippen LogP contribution in [0.15, 0.2) is 28.7 Å². The van der Waals surface area contributed by atoms with Gasteiger partial charge >= 0.3 is 0 Å². The number of aromatic nitrogens is 2. The molecule has 1 saturated carbocycles. The topological polar surface area (TPSA) is 91.1 Å². The molecular formula is C16H19N3O3S. The number of hydrogen-bond donors (Lipinski definition) is 3. The van der Waals surface area contributed by atoms with Gasteiger partial charge in [0.2, 0.25) is 5.89 Å². The molecule has 3 rings (SSSR count). The number of nitrogens with zero attached hydrogens (tertiary/aromatic N) is 1. The molecule has 0 spiro atoms. The zero-order chi connectivity index (χ0) is 16.2. The van der Waals surface area contributed by atoms with Crippen molar-refractivity contribution >= 4 is 18.1 Å². The summed E-state index contributed by atoms with van der Waals surface area (Å²) in [6.07, 6.45) is 3.67. The highest BCUT2D eigenvalue weighted by atomic mass is 32.1. The van der Waals surface area contributed by atoms with E-state index in [1.54, 1.807) is 24.3 Å². The van der Waals surface area contributed by atoms with Gasteiger partial charge in [-0.3, -0.25) is 4.79 Å². The van der Waals surface area contributed by atoms with Crippen molar-refractivity contribution in [3.63, 3.8) is 0 Å². The quantitative estimate of drug-likeness (QED) is 0.748. The number of hydrogen-bond acceptors (Lipinski definition) is 5. The summed E-state index contributed by atoms with van der Waals surface area (Å²) in [5, 5.41) is 19.3. The number of aliphatic hydroxyl groups is 1. The van der Waals surface area contributed by atoms with Crippen molar-refractivity contribution in [2.75, 3.05) is 6.54 Å². The molecule has 3 N–H and O–H groups in total. The molecule has 0 bridgehead atoms. The van der Waals surface area contributed by atoms with Crippen LogP contribution in [-0.2, 0) is 0 Å². The maximum atomic E-state index is 12.2. The molecule has 1 amide bonds. The molecule has 1 heterocycles. The zero-order valence-electron chi connectivity index (χ0n) is 12.6. The van der Waals surface area contributed by atoms with Crippen molar-refractivity contribution in [2.45, 2.75) is 31.8 Å². The van der Waals surface area contributed by atoms with E-state index < -0.39 is 0 Å². The molecule has 0 radical (unpaired) electrons. The summed E-state index contributed by atoms with van der Waals surface area (Å²) in [4.78, 5) is 12.4. The Labute approximate surface area is 138 Å². The Bertz CT molecular complexity index is 723. The Balaban J connectivity index is 1.60. The average Bonchev–Trinajstić information content (AvgIpc) is 3.00. The van der Waals surface area contributed by atoms with Crippen molar-refractivity contribution in [2.24, 2.45) is 5.92 Å². The summed E-state index contributed by atoms with van der Waals surface area (Å²) in [5.74, 6) is 0.407. The number of carbonyl (C=O) groups is 1. The minimum atomic E-state index is -0.305. The maximum absolute atomic E-state index is 12.2. The van der Waals surface area contributed by atoms with Gasteiger partial charge in [0.1, 0.15) is 0 Å². The second kappa shape index (κ2) is 7.06. The first-order chi connectivity index (χ1) is 11.1. The van der Waals surface area contributed by atoms with E-state index in [0.29, 0.717) is 18.0 Å². The molecule has 0 saturated heterocycles. The third kappa shape index (κ3) is 3.86. The van der Waals surface area contributed by atoms with Crippen molar-refractivity contribution in [3.05, 3.63) is 34.7 Å². The second-order valence-electron chi connectivity index (χ2n) is 5.82. The van der Waals surface area contributed by atoms with Gasteiger partial charge in [0, 0.05) is 23.6 Å². The van der Waals surface area contributed by atoms with Gasteiger partial charge in [0.15, 0.2) is 0 Å². The number of carbonyl (C=O) groups excluding carboxylic acids is 1. The first-order valence-corrected chi connectivity index (χ1v) is 8.16. The fraction of sp³-hybridized carbons (Fsp3) is 0.438.